The highest BCUT2D eigenvalue weighted by Gasteiger charge is 2.23. The Morgan fingerprint density at radius 1 is 0.744 bits per heavy atom. The molecule has 1 unspecified atom stereocenters. The molecular formula is C35H56NO3+. The van der Waals surface area contributed by atoms with E-state index in [0.717, 1.165) is 25.1 Å². The quantitative estimate of drug-likeness (QED) is 0.0853. The Balaban J connectivity index is 1.66. The van der Waals surface area contributed by atoms with E-state index in [1.807, 2.05) is 24.3 Å². The summed E-state index contributed by atoms with van der Waals surface area (Å²) in [5.74, 6) is 0.756. The lowest BCUT2D eigenvalue weighted by atomic mass is 10.0. The number of esters is 1. The normalized spacial score (nSPS) is 12.3. The van der Waals surface area contributed by atoms with Crippen LogP contribution in [0.4, 0.5) is 0 Å². The molecule has 1 atom stereocenters. The van der Waals surface area contributed by atoms with Gasteiger partial charge in [0.25, 0.3) is 0 Å². The average molecular weight is 539 g/mol. The second kappa shape index (κ2) is 19.7. The van der Waals surface area contributed by atoms with Crippen LogP contribution in [0.1, 0.15) is 108 Å². The summed E-state index contributed by atoms with van der Waals surface area (Å²) in [5.41, 5.74) is 2.48. The minimum absolute atomic E-state index is 0.137. The lowest BCUT2D eigenvalue weighted by Gasteiger charge is -2.29. The molecule has 2 rings (SSSR count). The van der Waals surface area contributed by atoms with E-state index in [-0.39, 0.29) is 18.7 Å². The summed E-state index contributed by atoms with van der Waals surface area (Å²) in [4.78, 5) is 12.6. The number of hydrogen-bond acceptors (Lipinski definition) is 3. The average Bonchev–Trinajstić information content (AvgIpc) is 2.92. The van der Waals surface area contributed by atoms with Crippen molar-refractivity contribution in [3.05, 3.63) is 65.7 Å². The first-order chi connectivity index (χ1) is 18.9. The van der Waals surface area contributed by atoms with E-state index in [2.05, 4.69) is 58.3 Å². The molecule has 0 saturated heterocycles. The number of hydrogen-bond donors (Lipinski definition) is 0. The number of carbonyl (C=O) groups is 1. The lowest BCUT2D eigenvalue weighted by Crippen LogP contribution is -2.44. The molecule has 0 heterocycles. The molecule has 39 heavy (non-hydrogen) atoms. The number of benzene rings is 2. The van der Waals surface area contributed by atoms with Crippen molar-refractivity contribution in [1.82, 2.24) is 0 Å². The van der Waals surface area contributed by atoms with Crippen molar-refractivity contribution >= 4 is 5.97 Å². The van der Waals surface area contributed by atoms with Gasteiger partial charge in [-0.25, -0.2) is 4.79 Å². The van der Waals surface area contributed by atoms with Crippen molar-refractivity contribution in [1.29, 1.82) is 0 Å². The molecule has 0 aliphatic rings. The molecule has 2 aromatic rings. The molecule has 0 radical (unpaired) electrons. The van der Waals surface area contributed by atoms with E-state index in [1.54, 1.807) is 0 Å². The summed E-state index contributed by atoms with van der Waals surface area (Å²) < 4.78 is 12.6. The van der Waals surface area contributed by atoms with Crippen molar-refractivity contribution in [2.75, 3.05) is 27.2 Å². The lowest BCUT2D eigenvalue weighted by molar-refractivity contribution is -0.896. The fraction of sp³-hybridized carbons (Fsp3) is 0.629. The van der Waals surface area contributed by atoms with Gasteiger partial charge in [0.1, 0.15) is 25.0 Å². The van der Waals surface area contributed by atoms with Crippen LogP contribution in [-0.2, 0) is 22.5 Å². The third-order valence-electron chi connectivity index (χ3n) is 7.46. The van der Waals surface area contributed by atoms with Crippen LogP contribution >= 0.6 is 0 Å². The number of unbranched alkanes of at least 4 members (excludes halogenated alkanes) is 11. The van der Waals surface area contributed by atoms with Gasteiger partial charge in [0, 0.05) is 5.56 Å². The molecule has 0 amide bonds. The zero-order valence-electron chi connectivity index (χ0n) is 25.5. The predicted molar refractivity (Wildman–Crippen MR) is 164 cm³/mol. The van der Waals surface area contributed by atoms with Gasteiger partial charge in [0.05, 0.1) is 14.1 Å². The maximum Gasteiger partial charge on any atom is 0.361 e. The minimum atomic E-state index is -0.178. The van der Waals surface area contributed by atoms with Gasteiger partial charge in [0.15, 0.2) is 6.54 Å². The second-order valence-electron chi connectivity index (χ2n) is 11.8. The Morgan fingerprint density at radius 2 is 1.31 bits per heavy atom. The van der Waals surface area contributed by atoms with Gasteiger partial charge in [0.2, 0.25) is 0 Å². The van der Waals surface area contributed by atoms with Crippen molar-refractivity contribution in [2.45, 2.75) is 116 Å². The van der Waals surface area contributed by atoms with Gasteiger partial charge in [-0.05, 0) is 30.9 Å². The Morgan fingerprint density at radius 3 is 1.92 bits per heavy atom. The van der Waals surface area contributed by atoms with Gasteiger partial charge in [-0.1, -0.05) is 133 Å². The Bertz CT molecular complexity index is 896. The summed E-state index contributed by atoms with van der Waals surface area (Å²) in [5, 5.41) is 0. The third-order valence-corrected chi connectivity index (χ3v) is 7.46. The highest BCUT2D eigenvalue weighted by molar-refractivity contribution is 5.70. The van der Waals surface area contributed by atoms with E-state index in [0.29, 0.717) is 11.0 Å². The summed E-state index contributed by atoms with van der Waals surface area (Å²) in [6, 6.07) is 18.6. The van der Waals surface area contributed by atoms with Crippen LogP contribution in [0.15, 0.2) is 54.6 Å². The first-order valence-corrected chi connectivity index (χ1v) is 15.7. The first kappa shape index (κ1) is 32.9. The number of rotatable bonds is 22. The summed E-state index contributed by atoms with van der Waals surface area (Å²) >= 11 is 0. The largest absolute Gasteiger partial charge is 0.487 e. The molecule has 4 nitrogen and oxygen atoms in total. The molecule has 0 fully saturated rings. The van der Waals surface area contributed by atoms with Crippen LogP contribution in [0, 0.1) is 0 Å². The number of aryl methyl sites for hydroxylation is 1. The van der Waals surface area contributed by atoms with Crippen LogP contribution < -0.4 is 4.74 Å². The van der Waals surface area contributed by atoms with E-state index in [4.69, 9.17) is 9.47 Å². The highest BCUT2D eigenvalue weighted by atomic mass is 16.6. The van der Waals surface area contributed by atoms with Gasteiger partial charge in [-0.15, -0.1) is 0 Å². The zero-order chi connectivity index (χ0) is 28.2. The number of nitrogens with zero attached hydrogens (tertiary/aromatic N) is 1. The number of carbonyl (C=O) groups excluding carboxylic acids is 1. The Labute approximate surface area is 239 Å². The van der Waals surface area contributed by atoms with Crippen molar-refractivity contribution < 1.29 is 18.8 Å². The molecule has 2 aromatic carbocycles. The van der Waals surface area contributed by atoms with Crippen molar-refractivity contribution in [3.63, 3.8) is 0 Å². The van der Waals surface area contributed by atoms with Gasteiger partial charge >= 0.3 is 5.97 Å². The van der Waals surface area contributed by atoms with Crippen LogP contribution in [0.2, 0.25) is 0 Å². The van der Waals surface area contributed by atoms with Gasteiger partial charge < -0.3 is 14.0 Å². The van der Waals surface area contributed by atoms with Crippen LogP contribution in [0.5, 0.6) is 5.75 Å². The standard InChI is InChI=1S/C35H56NO3/c1-5-7-8-9-10-11-12-13-14-15-16-20-25-32-26-21-22-27-34(32)39-33(6-2)30-38-35(37)29-36(3,4)28-31-23-18-17-19-24-31/h17-19,21-24,26-27,33H,5-16,20,25,28-30H2,1-4H3/q+1. The molecule has 0 N–H and O–H groups in total. The van der Waals surface area contributed by atoms with Crippen LogP contribution in [0.25, 0.3) is 0 Å². The number of quaternary nitrogens is 1. The summed E-state index contributed by atoms with van der Waals surface area (Å²) in [6.45, 7) is 5.77. The fourth-order valence-corrected chi connectivity index (χ4v) is 5.11. The number of likely N-dealkylation sites (N-methyl/N-ethyl adjacent to an activating group) is 1. The van der Waals surface area contributed by atoms with Crippen LogP contribution in [-0.4, -0.2) is 43.8 Å². The van der Waals surface area contributed by atoms with Crippen LogP contribution in [0.3, 0.4) is 0 Å². The smallest absolute Gasteiger partial charge is 0.361 e. The summed E-state index contributed by atoms with van der Waals surface area (Å²) in [6.07, 6.45) is 18.0. The number of ether oxygens (including phenoxy) is 2. The van der Waals surface area contributed by atoms with Crippen molar-refractivity contribution in [2.24, 2.45) is 0 Å². The molecule has 0 aliphatic heterocycles. The Kier molecular flexibility index (Phi) is 16.6. The van der Waals surface area contributed by atoms with E-state index in [1.165, 1.54) is 88.2 Å². The third kappa shape index (κ3) is 15.1. The number of para-hydroxylation sites is 1. The predicted octanol–water partition coefficient (Wildman–Crippen LogP) is 8.91. The molecule has 4 heteroatoms. The zero-order valence-corrected chi connectivity index (χ0v) is 25.5. The Hall–Kier alpha value is -2.33. The fourth-order valence-electron chi connectivity index (χ4n) is 5.11. The molecule has 0 bridgehead atoms. The monoisotopic (exact) mass is 538 g/mol. The summed E-state index contributed by atoms with van der Waals surface area (Å²) in [7, 11) is 4.13. The van der Waals surface area contributed by atoms with E-state index < -0.39 is 0 Å². The molecular weight excluding hydrogens is 482 g/mol. The molecule has 0 saturated carbocycles. The first-order valence-electron chi connectivity index (χ1n) is 15.7. The maximum atomic E-state index is 12.6. The molecule has 0 aliphatic carbocycles. The molecule has 218 valence electrons. The maximum absolute atomic E-state index is 12.6. The second-order valence-corrected chi connectivity index (χ2v) is 11.8. The van der Waals surface area contributed by atoms with Gasteiger partial charge in [-0.2, -0.15) is 0 Å². The van der Waals surface area contributed by atoms with E-state index in [9.17, 15) is 4.79 Å². The topological polar surface area (TPSA) is 35.5 Å². The molecule has 0 spiro atoms. The van der Waals surface area contributed by atoms with Gasteiger partial charge in [-0.3, -0.25) is 0 Å². The van der Waals surface area contributed by atoms with E-state index >= 15 is 0 Å². The molecule has 0 aromatic heterocycles. The minimum Gasteiger partial charge on any atom is -0.487 e. The highest BCUT2D eigenvalue weighted by Crippen LogP contribution is 2.23. The SMILES string of the molecule is CCCCCCCCCCCCCCc1ccccc1OC(CC)COC(=O)C[N+](C)(C)Cc1ccccc1. The van der Waals surface area contributed by atoms with Crippen molar-refractivity contribution in [3.8, 4) is 5.75 Å².